The number of piperidine rings is 1. The predicted octanol–water partition coefficient (Wildman–Crippen LogP) is 3.35. The molecule has 2 aliphatic rings. The van der Waals surface area contributed by atoms with E-state index in [4.69, 9.17) is 0 Å². The number of nitrogens with one attached hydrogen (secondary N) is 1. The van der Waals surface area contributed by atoms with Gasteiger partial charge in [0.05, 0.1) is 0 Å². The molecule has 158 valence electrons. The highest BCUT2D eigenvalue weighted by Crippen LogP contribution is 2.34. The second-order valence-electron chi connectivity index (χ2n) is 7.97. The van der Waals surface area contributed by atoms with Crippen LogP contribution in [0.1, 0.15) is 58.1 Å². The van der Waals surface area contributed by atoms with Crippen molar-refractivity contribution in [3.8, 4) is 0 Å². The molecule has 2 heterocycles. The molecule has 0 spiro atoms. The number of aryl methyl sites for hydroxylation is 1. The summed E-state index contributed by atoms with van der Waals surface area (Å²) in [5.41, 5.74) is 2.54. The van der Waals surface area contributed by atoms with Gasteiger partial charge in [0.1, 0.15) is 10.7 Å². The summed E-state index contributed by atoms with van der Waals surface area (Å²) in [4.78, 5) is 14.7. The van der Waals surface area contributed by atoms with Crippen molar-refractivity contribution in [3.05, 3.63) is 41.0 Å². The van der Waals surface area contributed by atoms with Crippen molar-refractivity contribution in [1.29, 1.82) is 0 Å². The molecule has 2 aliphatic heterocycles. The average molecular weight is 418 g/mol. The van der Waals surface area contributed by atoms with Crippen LogP contribution in [-0.2, 0) is 21.2 Å². The summed E-state index contributed by atoms with van der Waals surface area (Å²) >= 11 is 0. The van der Waals surface area contributed by atoms with Crippen molar-refractivity contribution >= 4 is 26.7 Å². The molecule has 0 bridgehead atoms. The lowest BCUT2D eigenvalue weighted by Crippen LogP contribution is -2.44. The van der Waals surface area contributed by atoms with Crippen molar-refractivity contribution < 1.29 is 13.2 Å². The number of carbonyl (C=O) groups is 1. The second kappa shape index (κ2) is 8.69. The van der Waals surface area contributed by atoms with Gasteiger partial charge in [0.15, 0.2) is 0 Å². The zero-order valence-corrected chi connectivity index (χ0v) is 18.6. The van der Waals surface area contributed by atoms with Crippen LogP contribution < -0.4 is 5.32 Å². The molecule has 0 radical (unpaired) electrons. The van der Waals surface area contributed by atoms with Crippen LogP contribution in [0, 0.1) is 5.92 Å². The number of sulfonamides is 1. The van der Waals surface area contributed by atoms with E-state index in [1.807, 2.05) is 43.0 Å². The van der Waals surface area contributed by atoms with Crippen molar-refractivity contribution in [1.82, 2.24) is 10.2 Å². The van der Waals surface area contributed by atoms with Crippen LogP contribution in [0.25, 0.3) is 4.91 Å². The Morgan fingerprint density at radius 1 is 1.21 bits per heavy atom. The van der Waals surface area contributed by atoms with Crippen molar-refractivity contribution in [2.24, 2.45) is 10.3 Å². The number of hydrogen-bond acceptors (Lipinski definition) is 4. The Morgan fingerprint density at radius 2 is 1.83 bits per heavy atom. The van der Waals surface area contributed by atoms with Crippen LogP contribution in [-0.4, -0.2) is 44.2 Å². The number of benzene rings is 1. The van der Waals surface area contributed by atoms with Gasteiger partial charge >= 0.3 is 0 Å². The third-order valence-corrected chi connectivity index (χ3v) is 7.40. The molecule has 1 N–H and O–H groups in total. The average Bonchev–Trinajstić information content (AvgIpc) is 2.96. The zero-order chi connectivity index (χ0) is 21.2. The predicted molar refractivity (Wildman–Crippen MR) is 117 cm³/mol. The van der Waals surface area contributed by atoms with Crippen LogP contribution in [0.15, 0.2) is 34.2 Å². The summed E-state index contributed by atoms with van der Waals surface area (Å²) in [6.45, 7) is 9.22. The standard InChI is InChI=1S/C22H31N3O3S/c1-5-15(3)23-22(26)19-11-13-25(14-12-19)21-16(4)20(29(27,28)24-21)18-9-7-17(6-2)8-10-18/h7-10,15,19H,5-6,11-14H2,1-4H3,(H,23,26)/t15-/m1/s1. The monoisotopic (exact) mass is 417 g/mol. The van der Waals surface area contributed by atoms with E-state index in [0.29, 0.717) is 47.8 Å². The Labute approximate surface area is 174 Å². The first-order valence-electron chi connectivity index (χ1n) is 10.5. The highest BCUT2D eigenvalue weighted by molar-refractivity contribution is 8.00. The molecule has 1 fully saturated rings. The third kappa shape index (κ3) is 4.55. The van der Waals surface area contributed by atoms with Gasteiger partial charge in [-0.2, -0.15) is 8.42 Å². The lowest BCUT2D eigenvalue weighted by Gasteiger charge is -2.33. The molecule has 3 rings (SSSR count). The molecule has 0 aromatic heterocycles. The van der Waals surface area contributed by atoms with E-state index in [0.717, 1.165) is 12.8 Å². The number of amidine groups is 1. The molecule has 0 saturated carbocycles. The Kier molecular flexibility index (Phi) is 6.46. The molecular weight excluding hydrogens is 386 g/mol. The molecule has 1 amide bonds. The Hall–Kier alpha value is -2.15. The van der Waals surface area contributed by atoms with E-state index in [2.05, 4.69) is 23.6 Å². The fourth-order valence-corrected chi connectivity index (χ4v) is 5.37. The first-order chi connectivity index (χ1) is 13.8. The minimum Gasteiger partial charge on any atom is -0.356 e. The smallest absolute Gasteiger partial charge is 0.285 e. The fraction of sp³-hybridized carbons (Fsp3) is 0.545. The Morgan fingerprint density at radius 3 is 2.38 bits per heavy atom. The Balaban J connectivity index is 1.75. The summed E-state index contributed by atoms with van der Waals surface area (Å²) in [5.74, 6) is 0.605. The number of carbonyl (C=O) groups excluding carboxylic acids is 1. The van der Waals surface area contributed by atoms with E-state index >= 15 is 0 Å². The van der Waals surface area contributed by atoms with Gasteiger partial charge in [-0.1, -0.05) is 38.1 Å². The summed E-state index contributed by atoms with van der Waals surface area (Å²) in [7, 11) is -3.71. The summed E-state index contributed by atoms with van der Waals surface area (Å²) in [5, 5.41) is 3.05. The highest BCUT2D eigenvalue weighted by atomic mass is 32.2. The second-order valence-corrected chi connectivity index (χ2v) is 9.51. The van der Waals surface area contributed by atoms with E-state index < -0.39 is 10.0 Å². The molecule has 6 nitrogen and oxygen atoms in total. The van der Waals surface area contributed by atoms with Crippen LogP contribution in [0.2, 0.25) is 0 Å². The van der Waals surface area contributed by atoms with Crippen LogP contribution >= 0.6 is 0 Å². The highest BCUT2D eigenvalue weighted by Gasteiger charge is 2.35. The van der Waals surface area contributed by atoms with Gasteiger partial charge in [-0.3, -0.25) is 4.79 Å². The Bertz CT molecular complexity index is 925. The van der Waals surface area contributed by atoms with Crippen LogP contribution in [0.5, 0.6) is 0 Å². The quantitative estimate of drug-likeness (QED) is 0.797. The SMILES string of the molecule is CCc1ccc(C2=C(C)C(N3CCC(C(=O)N[C@H](C)CC)CC3)=NS2(=O)=O)cc1. The van der Waals surface area contributed by atoms with Crippen molar-refractivity contribution in [2.75, 3.05) is 13.1 Å². The summed E-state index contributed by atoms with van der Waals surface area (Å²) in [6, 6.07) is 7.82. The number of amides is 1. The molecule has 7 heteroatoms. The number of rotatable bonds is 5. The van der Waals surface area contributed by atoms with Gasteiger partial charge in [-0.05, 0) is 50.7 Å². The molecule has 0 unspecified atom stereocenters. The van der Waals surface area contributed by atoms with E-state index in [1.165, 1.54) is 5.56 Å². The van der Waals surface area contributed by atoms with E-state index in [-0.39, 0.29) is 17.9 Å². The minimum absolute atomic E-state index is 0.0239. The number of nitrogens with zero attached hydrogens (tertiary/aromatic N) is 2. The first-order valence-corrected chi connectivity index (χ1v) is 11.9. The fourth-order valence-electron chi connectivity index (χ4n) is 3.89. The van der Waals surface area contributed by atoms with Gasteiger partial charge < -0.3 is 10.2 Å². The maximum Gasteiger partial charge on any atom is 0.285 e. The normalized spacial score (nSPS) is 20.6. The van der Waals surface area contributed by atoms with Gasteiger partial charge in [0.25, 0.3) is 10.0 Å². The lowest BCUT2D eigenvalue weighted by atomic mass is 9.95. The summed E-state index contributed by atoms with van der Waals surface area (Å²) < 4.78 is 29.6. The first kappa shape index (κ1) is 21.6. The van der Waals surface area contributed by atoms with Crippen LogP contribution in [0.4, 0.5) is 0 Å². The van der Waals surface area contributed by atoms with Crippen molar-refractivity contribution in [3.63, 3.8) is 0 Å². The van der Waals surface area contributed by atoms with E-state index in [1.54, 1.807) is 0 Å². The molecule has 1 atom stereocenters. The largest absolute Gasteiger partial charge is 0.356 e. The van der Waals surface area contributed by atoms with Gasteiger partial charge in [-0.15, -0.1) is 4.40 Å². The zero-order valence-electron chi connectivity index (χ0n) is 17.7. The number of likely N-dealkylation sites (tertiary alicyclic amines) is 1. The van der Waals surface area contributed by atoms with Gasteiger partial charge in [0.2, 0.25) is 5.91 Å². The molecule has 0 aliphatic carbocycles. The lowest BCUT2D eigenvalue weighted by molar-refractivity contribution is -0.126. The van der Waals surface area contributed by atoms with Crippen LogP contribution in [0.3, 0.4) is 0 Å². The third-order valence-electron chi connectivity index (χ3n) is 5.93. The summed E-state index contributed by atoms with van der Waals surface area (Å²) in [6.07, 6.45) is 3.22. The maximum absolute atomic E-state index is 12.8. The molecular formula is C22H31N3O3S. The topological polar surface area (TPSA) is 78.8 Å². The molecule has 1 saturated heterocycles. The molecule has 1 aromatic carbocycles. The maximum atomic E-state index is 12.8. The van der Waals surface area contributed by atoms with Gasteiger partial charge in [-0.25, -0.2) is 0 Å². The molecule has 1 aromatic rings. The molecule has 29 heavy (non-hydrogen) atoms. The van der Waals surface area contributed by atoms with Gasteiger partial charge in [0, 0.05) is 30.6 Å². The number of hydrogen-bond donors (Lipinski definition) is 1. The minimum atomic E-state index is -3.71. The van der Waals surface area contributed by atoms with E-state index in [9.17, 15) is 13.2 Å². The van der Waals surface area contributed by atoms with Crippen molar-refractivity contribution in [2.45, 2.75) is 59.4 Å².